The highest BCUT2D eigenvalue weighted by molar-refractivity contribution is 6.11. The van der Waals surface area contributed by atoms with Crippen LogP contribution in [0.1, 0.15) is 19.8 Å². The molecular weight excluding hydrogens is 276 g/mol. The van der Waals surface area contributed by atoms with E-state index in [2.05, 4.69) is 10.6 Å². The fourth-order valence-corrected chi connectivity index (χ4v) is 1.98. The number of methoxy groups -OCH3 is 1. The number of carbonyl (C=O) groups is 3. The smallest absolute Gasteiger partial charge is 0.319 e. The minimum atomic E-state index is -1.30. The molecule has 1 fully saturated rings. The lowest BCUT2D eigenvalue weighted by atomic mass is 10.1. The standard InChI is InChI=1S/C14H16N2O5/c1-8(17)15-10-4-3-9(7-11(10)21-2)16-12(18)14(5-6-14)13(19)20/h3-4,7H,5-6H2,1-2H3,(H,15,17)(H,16,18)(H,19,20). The Balaban J connectivity index is 2.16. The van der Waals surface area contributed by atoms with Crippen molar-refractivity contribution in [2.45, 2.75) is 19.8 Å². The van der Waals surface area contributed by atoms with Gasteiger partial charge in [-0.2, -0.15) is 0 Å². The third-order valence-electron chi connectivity index (χ3n) is 3.36. The molecule has 1 saturated carbocycles. The van der Waals surface area contributed by atoms with E-state index >= 15 is 0 Å². The Morgan fingerprint density at radius 3 is 2.38 bits per heavy atom. The maximum absolute atomic E-state index is 12.0. The van der Waals surface area contributed by atoms with Gasteiger partial charge < -0.3 is 20.5 Å². The molecule has 0 bridgehead atoms. The monoisotopic (exact) mass is 292 g/mol. The molecule has 0 aromatic heterocycles. The average molecular weight is 292 g/mol. The van der Waals surface area contributed by atoms with E-state index in [0.29, 0.717) is 30.0 Å². The maximum atomic E-state index is 12.0. The van der Waals surface area contributed by atoms with E-state index in [9.17, 15) is 14.4 Å². The maximum Gasteiger partial charge on any atom is 0.319 e. The fourth-order valence-electron chi connectivity index (χ4n) is 1.98. The van der Waals surface area contributed by atoms with Gasteiger partial charge in [-0.3, -0.25) is 14.4 Å². The second-order valence-electron chi connectivity index (χ2n) is 4.94. The predicted octanol–water partition coefficient (Wildman–Crippen LogP) is 1.46. The number of carboxylic acids is 1. The molecule has 0 radical (unpaired) electrons. The Morgan fingerprint density at radius 2 is 1.90 bits per heavy atom. The second-order valence-corrected chi connectivity index (χ2v) is 4.94. The molecule has 0 aliphatic heterocycles. The van der Waals surface area contributed by atoms with Crippen molar-refractivity contribution in [3.8, 4) is 5.75 Å². The van der Waals surface area contributed by atoms with Crippen molar-refractivity contribution in [1.82, 2.24) is 0 Å². The summed E-state index contributed by atoms with van der Waals surface area (Å²) < 4.78 is 5.13. The second kappa shape index (κ2) is 5.43. The van der Waals surface area contributed by atoms with E-state index in [1.807, 2.05) is 0 Å². The molecule has 3 N–H and O–H groups in total. The van der Waals surface area contributed by atoms with Gasteiger partial charge in [0.2, 0.25) is 11.8 Å². The molecule has 7 nitrogen and oxygen atoms in total. The van der Waals surface area contributed by atoms with Crippen LogP contribution in [0.15, 0.2) is 18.2 Å². The number of carbonyl (C=O) groups excluding carboxylic acids is 2. The third kappa shape index (κ3) is 2.96. The number of hydrogen-bond acceptors (Lipinski definition) is 4. The highest BCUT2D eigenvalue weighted by Crippen LogP contribution is 2.47. The van der Waals surface area contributed by atoms with Crippen molar-refractivity contribution in [2.24, 2.45) is 5.41 Å². The van der Waals surface area contributed by atoms with E-state index in [-0.39, 0.29) is 5.91 Å². The molecule has 21 heavy (non-hydrogen) atoms. The van der Waals surface area contributed by atoms with Gasteiger partial charge in [0.15, 0.2) is 0 Å². The molecule has 1 aromatic rings. The lowest BCUT2D eigenvalue weighted by Crippen LogP contribution is -2.31. The lowest BCUT2D eigenvalue weighted by Gasteiger charge is -2.14. The van der Waals surface area contributed by atoms with Crippen LogP contribution in [-0.4, -0.2) is 30.0 Å². The van der Waals surface area contributed by atoms with Crippen molar-refractivity contribution < 1.29 is 24.2 Å². The van der Waals surface area contributed by atoms with Crippen molar-refractivity contribution in [3.05, 3.63) is 18.2 Å². The first-order chi connectivity index (χ1) is 9.89. The predicted molar refractivity (Wildman–Crippen MR) is 75.2 cm³/mol. The summed E-state index contributed by atoms with van der Waals surface area (Å²) in [6.07, 6.45) is 0.685. The largest absolute Gasteiger partial charge is 0.494 e. The number of benzene rings is 1. The minimum Gasteiger partial charge on any atom is -0.494 e. The molecule has 0 atom stereocenters. The molecule has 112 valence electrons. The number of ether oxygens (including phenoxy) is 1. The molecule has 1 aliphatic carbocycles. The summed E-state index contributed by atoms with van der Waals surface area (Å²) in [6.45, 7) is 1.37. The van der Waals surface area contributed by atoms with Gasteiger partial charge in [-0.25, -0.2) is 0 Å². The van der Waals surface area contributed by atoms with Crippen molar-refractivity contribution in [1.29, 1.82) is 0 Å². The number of rotatable bonds is 5. The van der Waals surface area contributed by atoms with Crippen LogP contribution in [-0.2, 0) is 14.4 Å². The highest BCUT2D eigenvalue weighted by atomic mass is 16.5. The highest BCUT2D eigenvalue weighted by Gasteiger charge is 2.57. The van der Waals surface area contributed by atoms with Crippen molar-refractivity contribution in [2.75, 3.05) is 17.7 Å². The van der Waals surface area contributed by atoms with Crippen LogP contribution >= 0.6 is 0 Å². The number of hydrogen-bond donors (Lipinski definition) is 3. The van der Waals surface area contributed by atoms with Crippen molar-refractivity contribution >= 4 is 29.2 Å². The van der Waals surface area contributed by atoms with E-state index in [0.717, 1.165) is 0 Å². The van der Waals surface area contributed by atoms with Crippen molar-refractivity contribution in [3.63, 3.8) is 0 Å². The summed E-state index contributed by atoms with van der Waals surface area (Å²) in [6, 6.07) is 4.68. The molecule has 0 unspecified atom stereocenters. The molecule has 0 heterocycles. The average Bonchev–Trinajstić information content (AvgIpc) is 3.21. The van der Waals surface area contributed by atoms with Crippen LogP contribution in [0.2, 0.25) is 0 Å². The summed E-state index contributed by atoms with van der Waals surface area (Å²) in [5.41, 5.74) is -0.412. The van der Waals surface area contributed by atoms with Gasteiger partial charge in [-0.1, -0.05) is 0 Å². The van der Waals surface area contributed by atoms with Crippen LogP contribution in [0.4, 0.5) is 11.4 Å². The van der Waals surface area contributed by atoms with Crippen LogP contribution in [0.3, 0.4) is 0 Å². The molecule has 2 rings (SSSR count). The molecule has 7 heteroatoms. The SMILES string of the molecule is COc1cc(NC(=O)C2(C(=O)O)CC2)ccc1NC(C)=O. The topological polar surface area (TPSA) is 105 Å². The molecule has 1 aromatic carbocycles. The number of nitrogens with one attached hydrogen (secondary N) is 2. The van der Waals surface area contributed by atoms with Crippen LogP contribution in [0.5, 0.6) is 5.75 Å². The Kier molecular flexibility index (Phi) is 3.84. The number of amides is 2. The first-order valence-electron chi connectivity index (χ1n) is 6.39. The number of anilines is 2. The lowest BCUT2D eigenvalue weighted by molar-refractivity contribution is -0.147. The van der Waals surface area contributed by atoms with Gasteiger partial charge in [-0.15, -0.1) is 0 Å². The zero-order chi connectivity index (χ0) is 15.6. The summed E-state index contributed by atoms with van der Waals surface area (Å²) >= 11 is 0. The Bertz CT molecular complexity index is 607. The van der Waals surface area contributed by atoms with Gasteiger partial charge in [0.25, 0.3) is 0 Å². The molecular formula is C14H16N2O5. The van der Waals surface area contributed by atoms with Crippen LogP contribution < -0.4 is 15.4 Å². The van der Waals surface area contributed by atoms with E-state index in [4.69, 9.17) is 9.84 Å². The van der Waals surface area contributed by atoms with Gasteiger partial charge in [0, 0.05) is 18.7 Å². The zero-order valence-electron chi connectivity index (χ0n) is 11.7. The summed E-state index contributed by atoms with van der Waals surface area (Å²) in [4.78, 5) is 34.1. The van der Waals surface area contributed by atoms with Gasteiger partial charge >= 0.3 is 5.97 Å². The normalized spacial score (nSPS) is 15.0. The summed E-state index contributed by atoms with van der Waals surface area (Å²) in [5, 5.41) is 14.2. The van der Waals surface area contributed by atoms with Gasteiger partial charge in [0.1, 0.15) is 11.2 Å². The molecule has 2 amide bonds. The first kappa shape index (κ1) is 14.8. The van der Waals surface area contributed by atoms with Crippen LogP contribution in [0, 0.1) is 5.41 Å². The Hall–Kier alpha value is -2.57. The third-order valence-corrected chi connectivity index (χ3v) is 3.36. The zero-order valence-corrected chi connectivity index (χ0v) is 11.7. The number of carboxylic acid groups (broad SMARTS) is 1. The minimum absolute atomic E-state index is 0.243. The number of aliphatic carboxylic acids is 1. The van der Waals surface area contributed by atoms with Gasteiger partial charge in [-0.05, 0) is 25.0 Å². The first-order valence-corrected chi connectivity index (χ1v) is 6.39. The summed E-state index contributed by atoms with van der Waals surface area (Å²) in [7, 11) is 1.44. The van der Waals surface area contributed by atoms with E-state index < -0.39 is 17.3 Å². The Labute approximate surface area is 121 Å². The summed E-state index contributed by atoms with van der Waals surface area (Å²) in [5.74, 6) is -1.51. The Morgan fingerprint density at radius 1 is 1.24 bits per heavy atom. The molecule has 1 aliphatic rings. The fraction of sp³-hybridized carbons (Fsp3) is 0.357. The van der Waals surface area contributed by atoms with Crippen LogP contribution in [0.25, 0.3) is 0 Å². The quantitative estimate of drug-likeness (QED) is 0.712. The van der Waals surface area contributed by atoms with E-state index in [1.54, 1.807) is 12.1 Å². The molecule has 0 spiro atoms. The van der Waals surface area contributed by atoms with E-state index in [1.165, 1.54) is 20.1 Å². The van der Waals surface area contributed by atoms with Gasteiger partial charge in [0.05, 0.1) is 12.8 Å². The molecule has 0 saturated heterocycles.